The van der Waals surface area contributed by atoms with Gasteiger partial charge in [-0.25, -0.2) is 4.98 Å². The Hall–Kier alpha value is -1.92. The SMILES string of the molecule is CCOc1ccc(-c2nc(C(=O)N[C@H](C)COC)cs2)cc1. The number of hydrogen-bond donors (Lipinski definition) is 1. The van der Waals surface area contributed by atoms with E-state index in [1.165, 1.54) is 11.3 Å². The van der Waals surface area contributed by atoms with Crippen LogP contribution in [0.2, 0.25) is 0 Å². The summed E-state index contributed by atoms with van der Waals surface area (Å²) in [5, 5.41) is 5.43. The summed E-state index contributed by atoms with van der Waals surface area (Å²) >= 11 is 1.45. The third-order valence-electron chi connectivity index (χ3n) is 2.94. The van der Waals surface area contributed by atoms with Crippen molar-refractivity contribution in [3.05, 3.63) is 35.3 Å². The number of methoxy groups -OCH3 is 1. The second-order valence-corrected chi connectivity index (χ2v) is 5.68. The van der Waals surface area contributed by atoms with Crippen molar-refractivity contribution in [2.75, 3.05) is 20.3 Å². The van der Waals surface area contributed by atoms with Crippen LogP contribution in [-0.2, 0) is 4.74 Å². The van der Waals surface area contributed by atoms with Crippen LogP contribution in [0.5, 0.6) is 5.75 Å². The second kappa shape index (κ2) is 7.91. The number of benzene rings is 1. The minimum atomic E-state index is -0.182. The molecule has 0 aliphatic heterocycles. The maximum atomic E-state index is 12.1. The number of amides is 1. The van der Waals surface area contributed by atoms with Crippen LogP contribution in [0, 0.1) is 0 Å². The van der Waals surface area contributed by atoms with Crippen LogP contribution in [0.15, 0.2) is 29.6 Å². The largest absolute Gasteiger partial charge is 0.494 e. The lowest BCUT2D eigenvalue weighted by atomic mass is 10.2. The molecule has 2 rings (SSSR count). The fraction of sp³-hybridized carbons (Fsp3) is 0.375. The Morgan fingerprint density at radius 2 is 2.09 bits per heavy atom. The van der Waals surface area contributed by atoms with Crippen molar-refractivity contribution in [1.29, 1.82) is 0 Å². The number of rotatable bonds is 7. The fourth-order valence-corrected chi connectivity index (χ4v) is 2.77. The van der Waals surface area contributed by atoms with E-state index in [0.717, 1.165) is 16.3 Å². The summed E-state index contributed by atoms with van der Waals surface area (Å²) in [5.41, 5.74) is 1.40. The number of carbonyl (C=O) groups is 1. The summed E-state index contributed by atoms with van der Waals surface area (Å²) in [4.78, 5) is 16.5. The van der Waals surface area contributed by atoms with Crippen molar-refractivity contribution in [1.82, 2.24) is 10.3 Å². The van der Waals surface area contributed by atoms with Gasteiger partial charge < -0.3 is 14.8 Å². The summed E-state index contributed by atoms with van der Waals surface area (Å²) in [7, 11) is 1.61. The van der Waals surface area contributed by atoms with Gasteiger partial charge in [0.25, 0.3) is 5.91 Å². The molecule has 0 saturated heterocycles. The topological polar surface area (TPSA) is 60.5 Å². The van der Waals surface area contributed by atoms with Crippen LogP contribution in [0.25, 0.3) is 10.6 Å². The molecule has 0 spiro atoms. The van der Waals surface area contributed by atoms with E-state index >= 15 is 0 Å². The molecule has 0 radical (unpaired) electrons. The molecule has 1 atom stereocenters. The van der Waals surface area contributed by atoms with Gasteiger partial charge in [0.2, 0.25) is 0 Å². The Morgan fingerprint density at radius 1 is 1.36 bits per heavy atom. The number of nitrogens with zero attached hydrogens (tertiary/aromatic N) is 1. The quantitative estimate of drug-likeness (QED) is 0.852. The molecule has 0 bridgehead atoms. The summed E-state index contributed by atoms with van der Waals surface area (Å²) in [6.07, 6.45) is 0. The van der Waals surface area contributed by atoms with Crippen molar-refractivity contribution in [2.45, 2.75) is 19.9 Å². The Kier molecular flexibility index (Phi) is 5.91. The molecule has 1 amide bonds. The molecule has 0 aliphatic carbocycles. The van der Waals surface area contributed by atoms with Gasteiger partial charge in [-0.2, -0.15) is 0 Å². The summed E-state index contributed by atoms with van der Waals surface area (Å²) < 4.78 is 10.4. The first-order valence-electron chi connectivity index (χ1n) is 7.12. The number of hydrogen-bond acceptors (Lipinski definition) is 5. The van der Waals surface area contributed by atoms with Crippen LogP contribution >= 0.6 is 11.3 Å². The predicted octanol–water partition coefficient (Wildman–Crippen LogP) is 2.97. The van der Waals surface area contributed by atoms with Gasteiger partial charge in [0.15, 0.2) is 0 Å². The molecule has 1 heterocycles. The fourth-order valence-electron chi connectivity index (χ4n) is 1.96. The van der Waals surface area contributed by atoms with Gasteiger partial charge in [0, 0.05) is 24.1 Å². The molecule has 118 valence electrons. The van der Waals surface area contributed by atoms with Crippen LogP contribution in [0.4, 0.5) is 0 Å². The molecule has 22 heavy (non-hydrogen) atoms. The second-order valence-electron chi connectivity index (χ2n) is 4.83. The van der Waals surface area contributed by atoms with Gasteiger partial charge >= 0.3 is 0 Å². The normalized spacial score (nSPS) is 12.0. The zero-order valence-electron chi connectivity index (χ0n) is 13.0. The lowest BCUT2D eigenvalue weighted by molar-refractivity contribution is 0.0901. The lowest BCUT2D eigenvalue weighted by Gasteiger charge is -2.11. The van der Waals surface area contributed by atoms with Gasteiger partial charge in [-0.05, 0) is 38.1 Å². The molecule has 1 N–H and O–H groups in total. The van der Waals surface area contributed by atoms with Crippen LogP contribution in [-0.4, -0.2) is 37.3 Å². The molecule has 6 heteroatoms. The molecule has 1 aromatic heterocycles. The van der Waals surface area contributed by atoms with Crippen LogP contribution in [0.1, 0.15) is 24.3 Å². The molecule has 0 fully saturated rings. The predicted molar refractivity (Wildman–Crippen MR) is 87.5 cm³/mol. The highest BCUT2D eigenvalue weighted by molar-refractivity contribution is 7.13. The van der Waals surface area contributed by atoms with E-state index in [-0.39, 0.29) is 11.9 Å². The smallest absolute Gasteiger partial charge is 0.271 e. The highest BCUT2D eigenvalue weighted by Gasteiger charge is 2.14. The van der Waals surface area contributed by atoms with Gasteiger partial charge in [0.05, 0.1) is 13.2 Å². The van der Waals surface area contributed by atoms with Crippen molar-refractivity contribution < 1.29 is 14.3 Å². The van der Waals surface area contributed by atoms with Gasteiger partial charge in [-0.15, -0.1) is 11.3 Å². The van der Waals surface area contributed by atoms with E-state index in [1.54, 1.807) is 12.5 Å². The first kappa shape index (κ1) is 16.5. The molecular formula is C16H20N2O3S. The van der Waals surface area contributed by atoms with Crippen molar-refractivity contribution in [3.8, 4) is 16.3 Å². The van der Waals surface area contributed by atoms with E-state index in [9.17, 15) is 4.79 Å². The van der Waals surface area contributed by atoms with Gasteiger partial charge in [-0.3, -0.25) is 4.79 Å². The zero-order valence-corrected chi connectivity index (χ0v) is 13.8. The van der Waals surface area contributed by atoms with E-state index in [0.29, 0.717) is 18.9 Å². The number of nitrogens with one attached hydrogen (secondary N) is 1. The van der Waals surface area contributed by atoms with Crippen molar-refractivity contribution in [3.63, 3.8) is 0 Å². The summed E-state index contributed by atoms with van der Waals surface area (Å²) in [6.45, 7) is 4.95. The van der Waals surface area contributed by atoms with Gasteiger partial charge in [-0.1, -0.05) is 0 Å². The Labute approximate surface area is 134 Å². The first-order valence-corrected chi connectivity index (χ1v) is 8.00. The third-order valence-corrected chi connectivity index (χ3v) is 3.83. The van der Waals surface area contributed by atoms with E-state index in [2.05, 4.69) is 10.3 Å². The minimum absolute atomic E-state index is 0.0480. The Balaban J connectivity index is 2.05. The molecule has 5 nitrogen and oxygen atoms in total. The number of ether oxygens (including phenoxy) is 2. The van der Waals surface area contributed by atoms with Gasteiger partial charge in [0.1, 0.15) is 16.5 Å². The average Bonchev–Trinajstić information content (AvgIpc) is 2.98. The summed E-state index contributed by atoms with van der Waals surface area (Å²) in [5.74, 6) is 0.646. The van der Waals surface area contributed by atoms with Crippen LogP contribution < -0.4 is 10.1 Å². The highest BCUT2D eigenvalue weighted by atomic mass is 32.1. The number of carbonyl (C=O) groups excluding carboxylic acids is 1. The monoisotopic (exact) mass is 320 g/mol. The molecule has 1 aromatic carbocycles. The van der Waals surface area contributed by atoms with E-state index in [4.69, 9.17) is 9.47 Å². The van der Waals surface area contributed by atoms with Crippen molar-refractivity contribution in [2.24, 2.45) is 0 Å². The van der Waals surface area contributed by atoms with Crippen LogP contribution in [0.3, 0.4) is 0 Å². The van der Waals surface area contributed by atoms with E-state index < -0.39 is 0 Å². The molecule has 0 saturated carbocycles. The average molecular weight is 320 g/mol. The van der Waals surface area contributed by atoms with E-state index in [1.807, 2.05) is 38.1 Å². The molecular weight excluding hydrogens is 300 g/mol. The number of aromatic nitrogens is 1. The standard InChI is InChI=1S/C16H20N2O3S/c1-4-21-13-7-5-12(6-8-13)16-18-14(10-22-16)15(19)17-11(2)9-20-3/h5-8,10-11H,4,9H2,1-3H3,(H,17,19)/t11-/m1/s1. The maximum absolute atomic E-state index is 12.1. The third kappa shape index (κ3) is 4.29. The van der Waals surface area contributed by atoms with Crippen molar-refractivity contribution >= 4 is 17.2 Å². The number of thiazole rings is 1. The summed E-state index contributed by atoms with van der Waals surface area (Å²) in [6, 6.07) is 7.65. The highest BCUT2D eigenvalue weighted by Crippen LogP contribution is 2.25. The zero-order chi connectivity index (χ0) is 15.9. The molecule has 0 unspecified atom stereocenters. The Morgan fingerprint density at radius 3 is 2.73 bits per heavy atom. The minimum Gasteiger partial charge on any atom is -0.494 e. The molecule has 0 aliphatic rings. The Bertz CT molecular complexity index is 610. The lowest BCUT2D eigenvalue weighted by Crippen LogP contribution is -2.35. The molecule has 2 aromatic rings. The first-order chi connectivity index (χ1) is 10.6. The maximum Gasteiger partial charge on any atom is 0.271 e.